The van der Waals surface area contributed by atoms with Gasteiger partial charge in [0.25, 0.3) is 0 Å². The summed E-state index contributed by atoms with van der Waals surface area (Å²) in [5.74, 6) is -0.140. The maximum atomic E-state index is 13.5. The van der Waals surface area contributed by atoms with Crippen LogP contribution in [0.3, 0.4) is 0 Å². The van der Waals surface area contributed by atoms with Gasteiger partial charge in [0.2, 0.25) is 5.91 Å². The molecule has 6 nitrogen and oxygen atoms in total. The predicted octanol–water partition coefficient (Wildman–Crippen LogP) is 4.72. The summed E-state index contributed by atoms with van der Waals surface area (Å²) < 4.78 is 5.79. The third-order valence-corrected chi connectivity index (χ3v) is 6.25. The Morgan fingerprint density at radius 3 is 2.61 bits per heavy atom. The Bertz CT molecular complexity index is 1020. The van der Waals surface area contributed by atoms with Crippen LogP contribution < -0.4 is 5.32 Å². The fourth-order valence-corrected chi connectivity index (χ4v) is 4.41. The molecule has 160 valence electrons. The van der Waals surface area contributed by atoms with E-state index in [9.17, 15) is 9.59 Å². The average molecular weight is 482 g/mol. The summed E-state index contributed by atoms with van der Waals surface area (Å²) in [7, 11) is 1.29. The van der Waals surface area contributed by atoms with Crippen LogP contribution in [-0.4, -0.2) is 42.3 Å². The number of allylic oxidation sites excluding steroid dienone is 1. The summed E-state index contributed by atoms with van der Waals surface area (Å²) in [5, 5.41) is 2.70. The fraction of sp³-hybridized carbons (Fsp3) is 0.292. The summed E-state index contributed by atoms with van der Waals surface area (Å²) in [6.07, 6.45) is 3.77. The third kappa shape index (κ3) is 4.71. The molecule has 2 aliphatic rings. The zero-order valence-electron chi connectivity index (χ0n) is 17.3. The molecular formula is C24H24BrN3O3. The van der Waals surface area contributed by atoms with Crippen molar-refractivity contribution in [3.63, 3.8) is 0 Å². The Hall–Kier alpha value is -2.93. The van der Waals surface area contributed by atoms with Gasteiger partial charge in [-0.3, -0.25) is 9.79 Å². The number of aliphatic imine (C=N–C) groups is 1. The number of ether oxygens (including phenoxy) is 1. The summed E-state index contributed by atoms with van der Waals surface area (Å²) in [6.45, 7) is 0.641. The number of alkyl carbamates (subject to hydrolysis) is 1. The molecule has 1 fully saturated rings. The highest BCUT2D eigenvalue weighted by Gasteiger charge is 2.38. The molecule has 1 N–H and O–H groups in total. The highest BCUT2D eigenvalue weighted by atomic mass is 79.9. The molecule has 2 aromatic rings. The Labute approximate surface area is 190 Å². The number of carbonyl (C=O) groups is 2. The molecule has 7 heteroatoms. The Morgan fingerprint density at radius 2 is 1.90 bits per heavy atom. The molecule has 4 rings (SSSR count). The minimum atomic E-state index is -0.796. The highest BCUT2D eigenvalue weighted by molar-refractivity contribution is 9.10. The molecular weight excluding hydrogens is 458 g/mol. The standard InChI is InChI=1S/C24H24BrN3O3/c1-31-24(30)27-22(17-6-3-2-4-7-17)23(29)28-13-5-8-21(28)20-14-18(15-26-20)16-9-11-19(25)12-10-16/h2-4,6-7,9-12,15,21-22H,5,8,13-14H2,1H3,(H,27,30)/t21-,22?/m0/s1. The van der Waals surface area contributed by atoms with Crippen molar-refractivity contribution >= 4 is 39.2 Å². The molecule has 2 heterocycles. The van der Waals surface area contributed by atoms with Crippen molar-refractivity contribution in [3.05, 3.63) is 76.4 Å². The number of nitrogens with one attached hydrogen (secondary N) is 1. The molecule has 0 saturated carbocycles. The van der Waals surface area contributed by atoms with E-state index in [0.717, 1.165) is 46.1 Å². The SMILES string of the molecule is COC(=O)NC(C(=O)N1CCC[C@H]1C1=NC=C(c2ccc(Br)cc2)C1)c1ccccc1. The first-order valence-corrected chi connectivity index (χ1v) is 11.1. The van der Waals surface area contributed by atoms with E-state index in [1.54, 1.807) is 0 Å². The number of likely N-dealkylation sites (tertiary alicyclic amines) is 1. The van der Waals surface area contributed by atoms with Crippen LogP contribution >= 0.6 is 15.9 Å². The summed E-state index contributed by atoms with van der Waals surface area (Å²) in [5.41, 5.74) is 4.00. The first-order chi connectivity index (χ1) is 15.1. The zero-order valence-corrected chi connectivity index (χ0v) is 18.8. The van der Waals surface area contributed by atoms with Gasteiger partial charge in [0.15, 0.2) is 0 Å². The fourth-order valence-electron chi connectivity index (χ4n) is 4.14. The maximum absolute atomic E-state index is 13.5. The summed E-state index contributed by atoms with van der Waals surface area (Å²) in [6, 6.07) is 16.6. The Balaban J connectivity index is 1.51. The molecule has 31 heavy (non-hydrogen) atoms. The molecule has 2 amide bonds. The van der Waals surface area contributed by atoms with Gasteiger partial charge in [-0.25, -0.2) is 4.79 Å². The van der Waals surface area contributed by atoms with Crippen molar-refractivity contribution in [1.82, 2.24) is 10.2 Å². The number of rotatable bonds is 5. The molecule has 0 bridgehead atoms. The Morgan fingerprint density at radius 1 is 1.16 bits per heavy atom. The van der Waals surface area contributed by atoms with Crippen molar-refractivity contribution in [2.45, 2.75) is 31.3 Å². The lowest BCUT2D eigenvalue weighted by atomic mass is 9.98. The van der Waals surface area contributed by atoms with E-state index < -0.39 is 12.1 Å². The Kier molecular flexibility index (Phi) is 6.51. The van der Waals surface area contributed by atoms with Crippen LogP contribution in [0, 0.1) is 0 Å². The predicted molar refractivity (Wildman–Crippen MR) is 124 cm³/mol. The topological polar surface area (TPSA) is 71.0 Å². The van der Waals surface area contributed by atoms with Gasteiger partial charge in [-0.2, -0.15) is 0 Å². The van der Waals surface area contributed by atoms with Crippen LogP contribution in [0.5, 0.6) is 0 Å². The first-order valence-electron chi connectivity index (χ1n) is 10.3. The number of hydrogen-bond acceptors (Lipinski definition) is 4. The lowest BCUT2D eigenvalue weighted by molar-refractivity contribution is -0.133. The number of amides is 2. The number of hydrogen-bond donors (Lipinski definition) is 1. The van der Waals surface area contributed by atoms with Crippen LogP contribution in [0.15, 0.2) is 70.3 Å². The van der Waals surface area contributed by atoms with Crippen LogP contribution in [0.1, 0.15) is 36.4 Å². The van der Waals surface area contributed by atoms with Gasteiger partial charge < -0.3 is 15.0 Å². The number of methoxy groups -OCH3 is 1. The van der Waals surface area contributed by atoms with Gasteiger partial charge in [-0.15, -0.1) is 0 Å². The molecule has 0 radical (unpaired) electrons. The van der Waals surface area contributed by atoms with Crippen molar-refractivity contribution in [2.24, 2.45) is 4.99 Å². The average Bonchev–Trinajstić information content (AvgIpc) is 3.47. The largest absolute Gasteiger partial charge is 0.453 e. The highest BCUT2D eigenvalue weighted by Crippen LogP contribution is 2.31. The molecule has 1 unspecified atom stereocenters. The summed E-state index contributed by atoms with van der Waals surface area (Å²) >= 11 is 3.47. The van der Waals surface area contributed by atoms with E-state index in [1.807, 2.05) is 53.6 Å². The van der Waals surface area contributed by atoms with Gasteiger partial charge in [0, 0.05) is 29.3 Å². The first kappa shape index (κ1) is 21.3. The number of carbonyl (C=O) groups excluding carboxylic acids is 2. The maximum Gasteiger partial charge on any atom is 0.407 e. The molecule has 0 spiro atoms. The second kappa shape index (κ2) is 9.47. The van der Waals surface area contributed by atoms with E-state index in [0.29, 0.717) is 6.54 Å². The van der Waals surface area contributed by atoms with E-state index in [2.05, 4.69) is 38.4 Å². The lowest BCUT2D eigenvalue weighted by Gasteiger charge is -2.29. The van der Waals surface area contributed by atoms with E-state index in [-0.39, 0.29) is 11.9 Å². The van der Waals surface area contributed by atoms with Gasteiger partial charge in [-0.05, 0) is 41.7 Å². The third-order valence-electron chi connectivity index (χ3n) is 5.72. The molecule has 2 atom stereocenters. The van der Waals surface area contributed by atoms with Crippen molar-refractivity contribution < 1.29 is 14.3 Å². The smallest absolute Gasteiger partial charge is 0.407 e. The van der Waals surface area contributed by atoms with E-state index in [1.165, 1.54) is 7.11 Å². The molecule has 2 aliphatic heterocycles. The monoisotopic (exact) mass is 481 g/mol. The minimum absolute atomic E-state index is 0.0673. The van der Waals surface area contributed by atoms with E-state index in [4.69, 9.17) is 4.74 Å². The van der Waals surface area contributed by atoms with Crippen molar-refractivity contribution in [3.8, 4) is 0 Å². The van der Waals surface area contributed by atoms with E-state index >= 15 is 0 Å². The van der Waals surface area contributed by atoms with Crippen LogP contribution in [0.2, 0.25) is 0 Å². The van der Waals surface area contributed by atoms with Crippen LogP contribution in [0.4, 0.5) is 4.79 Å². The second-order valence-corrected chi connectivity index (χ2v) is 8.54. The zero-order chi connectivity index (χ0) is 21.8. The molecule has 0 aromatic heterocycles. The van der Waals surface area contributed by atoms with Crippen molar-refractivity contribution in [2.75, 3.05) is 13.7 Å². The number of halogens is 1. The normalized spacial score (nSPS) is 18.9. The molecule has 1 saturated heterocycles. The van der Waals surface area contributed by atoms with Crippen molar-refractivity contribution in [1.29, 1.82) is 0 Å². The van der Waals surface area contributed by atoms with Gasteiger partial charge in [0.1, 0.15) is 6.04 Å². The molecule has 2 aromatic carbocycles. The second-order valence-electron chi connectivity index (χ2n) is 7.63. The number of benzene rings is 2. The van der Waals surface area contributed by atoms with Gasteiger partial charge in [-0.1, -0.05) is 58.4 Å². The quantitative estimate of drug-likeness (QED) is 0.671. The summed E-state index contributed by atoms with van der Waals surface area (Å²) in [4.78, 5) is 32.0. The van der Waals surface area contributed by atoms with Gasteiger partial charge in [0.05, 0.1) is 13.2 Å². The van der Waals surface area contributed by atoms with Gasteiger partial charge >= 0.3 is 6.09 Å². The number of nitrogens with zero attached hydrogens (tertiary/aromatic N) is 2. The minimum Gasteiger partial charge on any atom is -0.453 e. The lowest BCUT2D eigenvalue weighted by Crippen LogP contribution is -2.47. The van der Waals surface area contributed by atoms with Crippen LogP contribution in [0.25, 0.3) is 5.57 Å². The van der Waals surface area contributed by atoms with Crippen LogP contribution in [-0.2, 0) is 9.53 Å². The molecule has 0 aliphatic carbocycles.